The molecule has 0 saturated carbocycles. The molecule has 0 radical (unpaired) electrons. The van der Waals surface area contributed by atoms with Crippen molar-refractivity contribution in [3.05, 3.63) is 41.8 Å². The fraction of sp³-hybridized carbons (Fsp3) is 0.368. The molecule has 0 bridgehead atoms. The molecule has 0 unspecified atom stereocenters. The van der Waals surface area contributed by atoms with Gasteiger partial charge in [0.1, 0.15) is 18.1 Å². The number of carbonyl (C=O) groups is 1. The number of aromatic nitrogens is 3. The lowest BCUT2D eigenvalue weighted by atomic mass is 10.1. The van der Waals surface area contributed by atoms with Crippen LogP contribution in [0.3, 0.4) is 0 Å². The lowest BCUT2D eigenvalue weighted by Crippen LogP contribution is -2.46. The average Bonchev–Trinajstić information content (AvgIpc) is 3.34. The van der Waals surface area contributed by atoms with E-state index in [1.54, 1.807) is 13.1 Å². The molecule has 3 aromatic rings. The number of ether oxygens (including phenoxy) is 2. The highest BCUT2D eigenvalue weighted by molar-refractivity contribution is 5.69. The van der Waals surface area contributed by atoms with Crippen LogP contribution in [0.25, 0.3) is 11.4 Å². The van der Waals surface area contributed by atoms with E-state index in [-0.39, 0.29) is 18.4 Å². The SMILES string of the molecule is Cc1onc(-c2ccccn2)c1COc1cc(OC(=O)NN2CCCCC2)on1. The minimum atomic E-state index is -0.623. The van der Waals surface area contributed by atoms with E-state index in [9.17, 15) is 4.79 Å². The van der Waals surface area contributed by atoms with Crippen molar-refractivity contribution < 1.29 is 23.3 Å². The van der Waals surface area contributed by atoms with Crippen molar-refractivity contribution >= 4 is 6.09 Å². The van der Waals surface area contributed by atoms with Crippen molar-refractivity contribution in [2.45, 2.75) is 32.8 Å². The smallest absolute Gasteiger partial charge is 0.429 e. The summed E-state index contributed by atoms with van der Waals surface area (Å²) < 4.78 is 21.0. The molecule has 4 rings (SSSR count). The summed E-state index contributed by atoms with van der Waals surface area (Å²) in [6.45, 7) is 3.54. The average molecular weight is 399 g/mol. The van der Waals surface area contributed by atoms with Gasteiger partial charge in [0, 0.05) is 19.3 Å². The topological polar surface area (TPSA) is 116 Å². The van der Waals surface area contributed by atoms with Crippen molar-refractivity contribution in [2.75, 3.05) is 13.1 Å². The van der Waals surface area contributed by atoms with Crippen LogP contribution < -0.4 is 14.9 Å². The number of nitrogens with one attached hydrogen (secondary N) is 1. The van der Waals surface area contributed by atoms with Crippen LogP contribution in [0.2, 0.25) is 0 Å². The number of rotatable bonds is 6. The second-order valence-electron chi connectivity index (χ2n) is 6.60. The Morgan fingerprint density at radius 3 is 2.86 bits per heavy atom. The molecule has 10 nitrogen and oxygen atoms in total. The Balaban J connectivity index is 1.34. The number of aryl methyl sites for hydroxylation is 1. The van der Waals surface area contributed by atoms with Gasteiger partial charge in [0.2, 0.25) is 0 Å². The van der Waals surface area contributed by atoms with Crippen LogP contribution in [0.15, 0.2) is 39.5 Å². The van der Waals surface area contributed by atoms with Crippen molar-refractivity contribution in [3.8, 4) is 23.2 Å². The van der Waals surface area contributed by atoms with Gasteiger partial charge in [0.15, 0.2) is 0 Å². The lowest BCUT2D eigenvalue weighted by Gasteiger charge is -2.25. The number of pyridine rings is 1. The van der Waals surface area contributed by atoms with Gasteiger partial charge in [-0.05, 0) is 37.1 Å². The first-order valence-corrected chi connectivity index (χ1v) is 9.38. The molecule has 29 heavy (non-hydrogen) atoms. The van der Waals surface area contributed by atoms with Gasteiger partial charge in [-0.15, -0.1) is 0 Å². The third-order valence-electron chi connectivity index (χ3n) is 4.52. The van der Waals surface area contributed by atoms with Gasteiger partial charge in [0.25, 0.3) is 5.88 Å². The molecule has 1 N–H and O–H groups in total. The molecular formula is C19H21N5O5. The molecule has 0 aromatic carbocycles. The minimum Gasteiger partial charge on any atom is -0.470 e. The zero-order valence-corrected chi connectivity index (χ0v) is 16.0. The van der Waals surface area contributed by atoms with Crippen molar-refractivity contribution in [2.24, 2.45) is 0 Å². The fourth-order valence-electron chi connectivity index (χ4n) is 3.02. The van der Waals surface area contributed by atoms with Gasteiger partial charge in [-0.1, -0.05) is 17.6 Å². The van der Waals surface area contributed by atoms with E-state index in [2.05, 4.69) is 20.7 Å². The second-order valence-corrected chi connectivity index (χ2v) is 6.60. The Morgan fingerprint density at radius 2 is 2.07 bits per heavy atom. The lowest BCUT2D eigenvalue weighted by molar-refractivity contribution is 0.119. The Labute approximate surface area is 166 Å². The highest BCUT2D eigenvalue weighted by Crippen LogP contribution is 2.26. The summed E-state index contributed by atoms with van der Waals surface area (Å²) in [6.07, 6.45) is 4.32. The molecule has 1 amide bonds. The van der Waals surface area contributed by atoms with E-state index in [1.807, 2.05) is 23.2 Å². The number of hydrogen-bond acceptors (Lipinski definition) is 9. The van der Waals surface area contributed by atoms with E-state index in [0.29, 0.717) is 17.1 Å². The summed E-state index contributed by atoms with van der Waals surface area (Å²) in [5.74, 6) is 0.742. The van der Waals surface area contributed by atoms with E-state index >= 15 is 0 Å². The van der Waals surface area contributed by atoms with Gasteiger partial charge >= 0.3 is 12.0 Å². The molecule has 1 fully saturated rings. The van der Waals surface area contributed by atoms with Crippen LogP contribution in [0.4, 0.5) is 4.79 Å². The normalized spacial score (nSPS) is 14.5. The van der Waals surface area contributed by atoms with Gasteiger partial charge < -0.3 is 18.5 Å². The maximum absolute atomic E-state index is 11.9. The summed E-state index contributed by atoms with van der Waals surface area (Å²) in [6, 6.07) is 6.93. The summed E-state index contributed by atoms with van der Waals surface area (Å²) in [4.78, 5) is 16.2. The summed E-state index contributed by atoms with van der Waals surface area (Å²) in [5, 5.41) is 9.65. The quantitative estimate of drug-likeness (QED) is 0.667. The van der Waals surface area contributed by atoms with Crippen LogP contribution in [0.5, 0.6) is 11.8 Å². The van der Waals surface area contributed by atoms with Gasteiger partial charge in [0.05, 0.1) is 17.3 Å². The molecular weight excluding hydrogens is 378 g/mol. The van der Waals surface area contributed by atoms with Gasteiger partial charge in [-0.25, -0.2) is 9.80 Å². The molecule has 1 aliphatic heterocycles. The first kappa shape index (κ1) is 18.9. The van der Waals surface area contributed by atoms with E-state index in [4.69, 9.17) is 18.5 Å². The van der Waals surface area contributed by atoms with E-state index < -0.39 is 6.09 Å². The molecule has 4 heterocycles. The predicted molar refractivity (Wildman–Crippen MR) is 99.9 cm³/mol. The third kappa shape index (κ3) is 4.72. The first-order valence-electron chi connectivity index (χ1n) is 9.38. The monoisotopic (exact) mass is 399 g/mol. The highest BCUT2D eigenvalue weighted by atomic mass is 16.7. The summed E-state index contributed by atoms with van der Waals surface area (Å²) in [7, 11) is 0. The molecule has 0 atom stereocenters. The van der Waals surface area contributed by atoms with Crippen LogP contribution in [-0.2, 0) is 6.61 Å². The van der Waals surface area contributed by atoms with Gasteiger partial charge in [-0.3, -0.25) is 10.4 Å². The van der Waals surface area contributed by atoms with E-state index in [0.717, 1.165) is 31.5 Å². The standard InChI is InChI=1S/C19H21N5O5/c1-13-14(18(23-28-13)15-7-3-4-8-20-15)12-26-16-11-17(29-22-16)27-19(25)21-24-9-5-2-6-10-24/h3-4,7-8,11H,2,5-6,9-10,12H2,1H3,(H,21,25). The fourth-order valence-corrected chi connectivity index (χ4v) is 3.02. The number of hydrazine groups is 1. The van der Waals surface area contributed by atoms with Crippen LogP contribution in [-0.4, -0.2) is 39.5 Å². The molecule has 10 heteroatoms. The maximum atomic E-state index is 11.9. The predicted octanol–water partition coefficient (Wildman–Crippen LogP) is 3.10. The maximum Gasteiger partial charge on any atom is 0.429 e. The van der Waals surface area contributed by atoms with Crippen molar-refractivity contribution in [1.29, 1.82) is 0 Å². The van der Waals surface area contributed by atoms with Crippen molar-refractivity contribution in [3.63, 3.8) is 0 Å². The van der Waals surface area contributed by atoms with Crippen LogP contribution >= 0.6 is 0 Å². The molecule has 1 saturated heterocycles. The van der Waals surface area contributed by atoms with E-state index in [1.165, 1.54) is 12.5 Å². The Hall–Kier alpha value is -3.40. The zero-order chi connectivity index (χ0) is 20.1. The zero-order valence-electron chi connectivity index (χ0n) is 16.0. The molecule has 3 aromatic heterocycles. The largest absolute Gasteiger partial charge is 0.470 e. The Kier molecular flexibility index (Phi) is 5.71. The summed E-state index contributed by atoms with van der Waals surface area (Å²) in [5.41, 5.74) is 4.71. The number of piperidine rings is 1. The second kappa shape index (κ2) is 8.74. The molecule has 152 valence electrons. The highest BCUT2D eigenvalue weighted by Gasteiger charge is 2.19. The van der Waals surface area contributed by atoms with Crippen molar-refractivity contribution in [1.82, 2.24) is 25.7 Å². The number of nitrogens with zero attached hydrogens (tertiary/aromatic N) is 4. The molecule has 0 spiro atoms. The molecule has 1 aliphatic rings. The van der Waals surface area contributed by atoms with Gasteiger partial charge in [-0.2, -0.15) is 0 Å². The number of hydrogen-bond donors (Lipinski definition) is 1. The summed E-state index contributed by atoms with van der Waals surface area (Å²) >= 11 is 0. The Morgan fingerprint density at radius 1 is 1.21 bits per heavy atom. The van der Waals surface area contributed by atoms with Crippen LogP contribution in [0, 0.1) is 6.92 Å². The number of carbonyl (C=O) groups excluding carboxylic acids is 1. The molecule has 0 aliphatic carbocycles. The minimum absolute atomic E-state index is 0.0542. The Bertz CT molecular complexity index is 949. The third-order valence-corrected chi connectivity index (χ3v) is 4.52. The number of amides is 1. The van der Waals surface area contributed by atoms with Crippen LogP contribution in [0.1, 0.15) is 30.6 Å². The first-order chi connectivity index (χ1) is 14.2.